The third kappa shape index (κ3) is 1.92. The van der Waals surface area contributed by atoms with Crippen molar-refractivity contribution < 1.29 is 14.6 Å². The Morgan fingerprint density at radius 3 is 2.07 bits per heavy atom. The number of rotatable bonds is 3. The fourth-order valence-electron chi connectivity index (χ4n) is 1.72. The number of carboxylic acids is 1. The van der Waals surface area contributed by atoms with Crippen molar-refractivity contribution in [1.82, 2.24) is 0 Å². The quantitative estimate of drug-likeness (QED) is 0.760. The molecular formula is C11H20O3. The summed E-state index contributed by atoms with van der Waals surface area (Å²) < 4.78 is 5.57. The van der Waals surface area contributed by atoms with E-state index in [0.29, 0.717) is 13.0 Å². The first kappa shape index (κ1) is 11.5. The molecule has 0 heterocycles. The first-order chi connectivity index (χ1) is 6.11. The summed E-state index contributed by atoms with van der Waals surface area (Å²) in [6, 6.07) is 0. The van der Waals surface area contributed by atoms with Gasteiger partial charge in [-0.3, -0.25) is 4.79 Å². The Labute approximate surface area is 85.5 Å². The first-order valence-electron chi connectivity index (χ1n) is 4.98. The van der Waals surface area contributed by atoms with Gasteiger partial charge in [0.25, 0.3) is 0 Å². The van der Waals surface area contributed by atoms with Crippen molar-refractivity contribution in [2.45, 2.75) is 46.6 Å². The Kier molecular flexibility index (Phi) is 2.43. The first-order valence-corrected chi connectivity index (χ1v) is 4.98. The van der Waals surface area contributed by atoms with Gasteiger partial charge in [0.2, 0.25) is 0 Å². The fourth-order valence-corrected chi connectivity index (χ4v) is 1.72. The van der Waals surface area contributed by atoms with Gasteiger partial charge in [0.05, 0.1) is 17.6 Å². The topological polar surface area (TPSA) is 46.5 Å². The van der Waals surface area contributed by atoms with E-state index in [2.05, 4.69) is 0 Å². The van der Waals surface area contributed by atoms with E-state index in [4.69, 9.17) is 9.84 Å². The van der Waals surface area contributed by atoms with Crippen LogP contribution in [0, 0.1) is 10.8 Å². The molecule has 0 aromatic rings. The maximum atomic E-state index is 11.1. The molecule has 14 heavy (non-hydrogen) atoms. The predicted molar refractivity (Wildman–Crippen MR) is 54.2 cm³/mol. The minimum absolute atomic E-state index is 0.121. The molecular weight excluding hydrogens is 180 g/mol. The number of aliphatic carboxylic acids is 1. The summed E-state index contributed by atoms with van der Waals surface area (Å²) in [4.78, 5) is 11.1. The third-order valence-electron chi connectivity index (χ3n) is 3.08. The van der Waals surface area contributed by atoms with Crippen LogP contribution in [-0.4, -0.2) is 23.3 Å². The van der Waals surface area contributed by atoms with Gasteiger partial charge in [0, 0.05) is 0 Å². The molecule has 0 amide bonds. The number of carbonyl (C=O) groups is 1. The highest BCUT2D eigenvalue weighted by Gasteiger charge is 2.67. The molecule has 0 aliphatic heterocycles. The second kappa shape index (κ2) is 2.96. The van der Waals surface area contributed by atoms with Crippen molar-refractivity contribution in [2.24, 2.45) is 10.8 Å². The van der Waals surface area contributed by atoms with Gasteiger partial charge < -0.3 is 9.84 Å². The highest BCUT2D eigenvalue weighted by Crippen LogP contribution is 2.63. The summed E-state index contributed by atoms with van der Waals surface area (Å²) in [5.74, 6) is -0.730. The molecule has 1 saturated carbocycles. The van der Waals surface area contributed by atoms with E-state index < -0.39 is 11.4 Å². The lowest BCUT2D eigenvalue weighted by molar-refractivity contribution is -0.150. The normalized spacial score (nSPS) is 30.1. The van der Waals surface area contributed by atoms with Gasteiger partial charge in [-0.2, -0.15) is 0 Å². The Hall–Kier alpha value is -0.570. The highest BCUT2D eigenvalue weighted by atomic mass is 16.5. The zero-order valence-corrected chi connectivity index (χ0v) is 9.68. The summed E-state index contributed by atoms with van der Waals surface area (Å²) in [5, 5.41) is 9.16. The molecule has 1 unspecified atom stereocenters. The van der Waals surface area contributed by atoms with Crippen LogP contribution in [0.1, 0.15) is 41.0 Å². The molecule has 0 radical (unpaired) electrons. The third-order valence-corrected chi connectivity index (χ3v) is 3.08. The van der Waals surface area contributed by atoms with E-state index in [-0.39, 0.29) is 11.0 Å². The van der Waals surface area contributed by atoms with E-state index >= 15 is 0 Å². The average molecular weight is 200 g/mol. The smallest absolute Gasteiger partial charge is 0.312 e. The SMILES string of the molecule is CC(C)(C)OCC1(C(=O)O)CC1(C)C. The van der Waals surface area contributed by atoms with E-state index in [0.717, 1.165) is 0 Å². The van der Waals surface area contributed by atoms with Crippen LogP contribution >= 0.6 is 0 Å². The van der Waals surface area contributed by atoms with Crippen LogP contribution in [0.15, 0.2) is 0 Å². The largest absolute Gasteiger partial charge is 0.481 e. The molecule has 1 rings (SSSR count). The number of carboxylic acid groups (broad SMARTS) is 1. The van der Waals surface area contributed by atoms with Crippen LogP contribution in [0.2, 0.25) is 0 Å². The summed E-state index contributed by atoms with van der Waals surface area (Å²) in [6.45, 7) is 10.1. The maximum absolute atomic E-state index is 11.1. The van der Waals surface area contributed by atoms with Crippen LogP contribution in [0.5, 0.6) is 0 Å². The molecule has 0 spiro atoms. The van der Waals surface area contributed by atoms with Gasteiger partial charge in [-0.05, 0) is 32.6 Å². The lowest BCUT2D eigenvalue weighted by atomic mass is 9.97. The lowest BCUT2D eigenvalue weighted by Crippen LogP contribution is -2.31. The molecule has 0 bridgehead atoms. The Morgan fingerprint density at radius 1 is 1.43 bits per heavy atom. The van der Waals surface area contributed by atoms with Crippen LogP contribution in [-0.2, 0) is 9.53 Å². The van der Waals surface area contributed by atoms with Crippen LogP contribution < -0.4 is 0 Å². The Bertz CT molecular complexity index is 250. The molecule has 0 saturated heterocycles. The molecule has 3 nitrogen and oxygen atoms in total. The second-order valence-electron chi connectivity index (χ2n) is 5.85. The van der Waals surface area contributed by atoms with Crippen molar-refractivity contribution in [2.75, 3.05) is 6.61 Å². The minimum Gasteiger partial charge on any atom is -0.481 e. The molecule has 1 fully saturated rings. The number of hydrogen-bond donors (Lipinski definition) is 1. The van der Waals surface area contributed by atoms with Gasteiger partial charge in [-0.15, -0.1) is 0 Å². The maximum Gasteiger partial charge on any atom is 0.312 e. The molecule has 0 aromatic carbocycles. The fraction of sp³-hybridized carbons (Fsp3) is 0.909. The van der Waals surface area contributed by atoms with E-state index in [9.17, 15) is 4.79 Å². The van der Waals surface area contributed by atoms with Gasteiger partial charge in [0.15, 0.2) is 0 Å². The van der Waals surface area contributed by atoms with Crippen molar-refractivity contribution >= 4 is 5.97 Å². The number of ether oxygens (including phenoxy) is 1. The Morgan fingerprint density at radius 2 is 1.86 bits per heavy atom. The van der Waals surface area contributed by atoms with Gasteiger partial charge >= 0.3 is 5.97 Å². The van der Waals surface area contributed by atoms with Crippen molar-refractivity contribution in [3.63, 3.8) is 0 Å². The van der Waals surface area contributed by atoms with Crippen LogP contribution in [0.4, 0.5) is 0 Å². The minimum atomic E-state index is -0.730. The molecule has 0 aromatic heterocycles. The molecule has 82 valence electrons. The summed E-state index contributed by atoms with van der Waals surface area (Å²) in [7, 11) is 0. The molecule has 1 atom stereocenters. The average Bonchev–Trinajstić information content (AvgIpc) is 2.49. The van der Waals surface area contributed by atoms with Crippen LogP contribution in [0.25, 0.3) is 0 Å². The zero-order chi connectivity index (χ0) is 11.2. The number of hydrogen-bond acceptors (Lipinski definition) is 2. The van der Waals surface area contributed by atoms with E-state index in [1.165, 1.54) is 0 Å². The van der Waals surface area contributed by atoms with Crippen molar-refractivity contribution in [1.29, 1.82) is 0 Å². The lowest BCUT2D eigenvalue weighted by Gasteiger charge is -2.24. The van der Waals surface area contributed by atoms with Gasteiger partial charge in [-0.25, -0.2) is 0 Å². The second-order valence-corrected chi connectivity index (χ2v) is 5.85. The predicted octanol–water partition coefficient (Wildman–Crippen LogP) is 2.30. The summed E-state index contributed by atoms with van der Waals surface area (Å²) in [6.07, 6.45) is 0.714. The van der Waals surface area contributed by atoms with Crippen molar-refractivity contribution in [3.8, 4) is 0 Å². The molecule has 1 aliphatic rings. The van der Waals surface area contributed by atoms with E-state index in [1.807, 2.05) is 34.6 Å². The van der Waals surface area contributed by atoms with Crippen molar-refractivity contribution in [3.05, 3.63) is 0 Å². The molecule has 3 heteroatoms. The molecule has 1 N–H and O–H groups in total. The Balaban J connectivity index is 2.62. The van der Waals surface area contributed by atoms with E-state index in [1.54, 1.807) is 0 Å². The molecule has 1 aliphatic carbocycles. The summed E-state index contributed by atoms with van der Waals surface area (Å²) >= 11 is 0. The van der Waals surface area contributed by atoms with Gasteiger partial charge in [-0.1, -0.05) is 13.8 Å². The summed E-state index contributed by atoms with van der Waals surface area (Å²) in [5.41, 5.74) is -1.04. The zero-order valence-electron chi connectivity index (χ0n) is 9.68. The standard InChI is InChI=1S/C11H20O3/c1-9(2,3)14-7-11(8(12)13)6-10(11,4)5/h6-7H2,1-5H3,(H,12,13). The van der Waals surface area contributed by atoms with Crippen LogP contribution in [0.3, 0.4) is 0 Å². The van der Waals surface area contributed by atoms with Gasteiger partial charge in [0.1, 0.15) is 0 Å². The monoisotopic (exact) mass is 200 g/mol. The highest BCUT2D eigenvalue weighted by molar-refractivity contribution is 5.80.